The fourth-order valence-electron chi connectivity index (χ4n) is 2.07. The van der Waals surface area contributed by atoms with Crippen LogP contribution in [0, 0.1) is 5.92 Å². The third kappa shape index (κ3) is 5.56. The monoisotopic (exact) mass is 291 g/mol. The van der Waals surface area contributed by atoms with Gasteiger partial charge in [-0.2, -0.15) is 0 Å². The van der Waals surface area contributed by atoms with Crippen molar-refractivity contribution in [1.82, 2.24) is 10.2 Å². The molecule has 0 aromatic rings. The second-order valence-electron chi connectivity index (χ2n) is 4.83. The lowest BCUT2D eigenvalue weighted by molar-refractivity contribution is -0.133. The summed E-state index contributed by atoms with van der Waals surface area (Å²) in [7, 11) is -3.33. The number of nitrogens with one attached hydrogen (secondary N) is 1. The SMILES string of the molecule is CS(=O)(=O)CC(=O)N1CCCC(C(=O)NCCN)C1. The first-order chi connectivity index (χ1) is 8.83. The van der Waals surface area contributed by atoms with E-state index >= 15 is 0 Å². The zero-order chi connectivity index (χ0) is 14.5. The van der Waals surface area contributed by atoms with Crippen molar-refractivity contribution >= 4 is 21.7 Å². The van der Waals surface area contributed by atoms with Crippen molar-refractivity contribution in [3.63, 3.8) is 0 Å². The molecule has 1 aliphatic rings. The van der Waals surface area contributed by atoms with Gasteiger partial charge in [-0.15, -0.1) is 0 Å². The Bertz CT molecular complexity index is 435. The highest BCUT2D eigenvalue weighted by Crippen LogP contribution is 2.17. The fourth-order valence-corrected chi connectivity index (χ4v) is 2.70. The average Bonchev–Trinajstić information content (AvgIpc) is 2.34. The van der Waals surface area contributed by atoms with Gasteiger partial charge in [0.15, 0.2) is 9.84 Å². The minimum atomic E-state index is -3.33. The molecule has 0 spiro atoms. The summed E-state index contributed by atoms with van der Waals surface area (Å²) >= 11 is 0. The van der Waals surface area contributed by atoms with Gasteiger partial charge in [0.1, 0.15) is 5.75 Å². The maximum Gasteiger partial charge on any atom is 0.237 e. The maximum atomic E-state index is 11.8. The molecule has 8 heteroatoms. The van der Waals surface area contributed by atoms with Crippen LogP contribution in [0.1, 0.15) is 12.8 Å². The maximum absolute atomic E-state index is 11.8. The third-order valence-electron chi connectivity index (χ3n) is 2.97. The van der Waals surface area contributed by atoms with Crippen LogP contribution in [0.3, 0.4) is 0 Å². The van der Waals surface area contributed by atoms with Crippen molar-refractivity contribution in [2.45, 2.75) is 12.8 Å². The predicted molar refractivity (Wildman–Crippen MR) is 71.1 cm³/mol. The summed E-state index contributed by atoms with van der Waals surface area (Å²) in [6.07, 6.45) is 2.44. The molecule has 0 bridgehead atoms. The number of piperidine rings is 1. The van der Waals surface area contributed by atoms with E-state index in [0.717, 1.165) is 6.26 Å². The molecule has 19 heavy (non-hydrogen) atoms. The van der Waals surface area contributed by atoms with E-state index in [0.29, 0.717) is 32.5 Å². The predicted octanol–water partition coefficient (Wildman–Crippen LogP) is -1.66. The molecular weight excluding hydrogens is 270 g/mol. The van der Waals surface area contributed by atoms with Crippen molar-refractivity contribution in [2.75, 3.05) is 38.2 Å². The Balaban J connectivity index is 2.54. The lowest BCUT2D eigenvalue weighted by Gasteiger charge is -2.31. The molecule has 0 radical (unpaired) electrons. The number of hydrogen-bond acceptors (Lipinski definition) is 5. The van der Waals surface area contributed by atoms with Gasteiger partial charge in [0.2, 0.25) is 11.8 Å². The minimum Gasteiger partial charge on any atom is -0.355 e. The van der Waals surface area contributed by atoms with Gasteiger partial charge in [-0.3, -0.25) is 9.59 Å². The standard InChI is InChI=1S/C11H21N3O4S/c1-19(17,18)8-10(15)14-6-2-3-9(7-14)11(16)13-5-4-12/h9H,2-8,12H2,1H3,(H,13,16). The Morgan fingerprint density at radius 3 is 2.68 bits per heavy atom. The normalized spacial score (nSPS) is 20.1. The molecule has 7 nitrogen and oxygen atoms in total. The van der Waals surface area contributed by atoms with E-state index in [9.17, 15) is 18.0 Å². The van der Waals surface area contributed by atoms with E-state index in [-0.39, 0.29) is 18.4 Å². The molecule has 0 aliphatic carbocycles. The van der Waals surface area contributed by atoms with E-state index in [2.05, 4.69) is 5.32 Å². The number of nitrogens with zero attached hydrogens (tertiary/aromatic N) is 1. The number of nitrogens with two attached hydrogens (primary N) is 1. The highest BCUT2D eigenvalue weighted by molar-refractivity contribution is 7.91. The van der Waals surface area contributed by atoms with Gasteiger partial charge < -0.3 is 16.0 Å². The summed E-state index contributed by atoms with van der Waals surface area (Å²) in [5.41, 5.74) is 5.31. The van der Waals surface area contributed by atoms with E-state index in [4.69, 9.17) is 5.73 Å². The van der Waals surface area contributed by atoms with Crippen molar-refractivity contribution in [3.8, 4) is 0 Å². The zero-order valence-corrected chi connectivity index (χ0v) is 11.9. The Hall–Kier alpha value is -1.15. The van der Waals surface area contributed by atoms with Crippen LogP contribution in [0.25, 0.3) is 0 Å². The quantitative estimate of drug-likeness (QED) is 0.630. The number of likely N-dealkylation sites (tertiary alicyclic amines) is 1. The molecule has 1 aliphatic heterocycles. The topological polar surface area (TPSA) is 110 Å². The summed E-state index contributed by atoms with van der Waals surface area (Å²) < 4.78 is 22.2. The first-order valence-corrected chi connectivity index (χ1v) is 8.33. The molecule has 0 aromatic heterocycles. The van der Waals surface area contributed by atoms with Gasteiger partial charge in [0.25, 0.3) is 0 Å². The molecule has 0 aromatic carbocycles. The van der Waals surface area contributed by atoms with Crippen molar-refractivity contribution in [1.29, 1.82) is 0 Å². The van der Waals surface area contributed by atoms with Crippen LogP contribution in [-0.2, 0) is 19.4 Å². The van der Waals surface area contributed by atoms with Crippen LogP contribution >= 0.6 is 0 Å². The van der Waals surface area contributed by atoms with Gasteiger partial charge in [-0.1, -0.05) is 0 Å². The number of rotatable bonds is 5. The van der Waals surface area contributed by atoms with Crippen molar-refractivity contribution in [2.24, 2.45) is 11.7 Å². The first kappa shape index (κ1) is 15.9. The van der Waals surface area contributed by atoms with Crippen LogP contribution in [0.5, 0.6) is 0 Å². The Labute approximate surface area is 113 Å². The van der Waals surface area contributed by atoms with E-state index in [1.54, 1.807) is 0 Å². The Morgan fingerprint density at radius 2 is 2.11 bits per heavy atom. The molecule has 3 N–H and O–H groups in total. The highest BCUT2D eigenvalue weighted by Gasteiger charge is 2.29. The zero-order valence-electron chi connectivity index (χ0n) is 11.1. The molecule has 1 saturated heterocycles. The summed E-state index contributed by atoms with van der Waals surface area (Å²) in [6.45, 7) is 1.57. The molecule has 1 atom stereocenters. The van der Waals surface area contributed by atoms with Gasteiger partial charge in [-0.25, -0.2) is 8.42 Å². The molecule has 0 saturated carbocycles. The van der Waals surface area contributed by atoms with Crippen LogP contribution < -0.4 is 11.1 Å². The van der Waals surface area contributed by atoms with Crippen LogP contribution in [0.2, 0.25) is 0 Å². The summed E-state index contributed by atoms with van der Waals surface area (Å²) in [6, 6.07) is 0. The van der Waals surface area contributed by atoms with Gasteiger partial charge in [0.05, 0.1) is 5.92 Å². The largest absolute Gasteiger partial charge is 0.355 e. The Kier molecular flexibility index (Phi) is 5.74. The number of sulfone groups is 1. The second kappa shape index (κ2) is 6.85. The molecule has 1 unspecified atom stereocenters. The van der Waals surface area contributed by atoms with Gasteiger partial charge in [0, 0.05) is 32.4 Å². The van der Waals surface area contributed by atoms with Gasteiger partial charge in [-0.05, 0) is 12.8 Å². The smallest absolute Gasteiger partial charge is 0.237 e. The van der Waals surface area contributed by atoms with E-state index < -0.39 is 21.5 Å². The van der Waals surface area contributed by atoms with E-state index in [1.165, 1.54) is 4.90 Å². The van der Waals surface area contributed by atoms with Crippen LogP contribution in [0.15, 0.2) is 0 Å². The highest BCUT2D eigenvalue weighted by atomic mass is 32.2. The summed E-state index contributed by atoms with van der Waals surface area (Å²) in [5.74, 6) is -1.32. The number of amides is 2. The number of hydrogen-bond donors (Lipinski definition) is 2. The average molecular weight is 291 g/mol. The minimum absolute atomic E-state index is 0.123. The lowest BCUT2D eigenvalue weighted by Crippen LogP contribution is -2.47. The van der Waals surface area contributed by atoms with Gasteiger partial charge >= 0.3 is 0 Å². The third-order valence-corrected chi connectivity index (χ3v) is 3.75. The lowest BCUT2D eigenvalue weighted by atomic mass is 9.97. The van der Waals surface area contributed by atoms with Crippen molar-refractivity contribution in [3.05, 3.63) is 0 Å². The van der Waals surface area contributed by atoms with Crippen molar-refractivity contribution < 1.29 is 18.0 Å². The molecule has 2 amide bonds. The van der Waals surface area contributed by atoms with Crippen LogP contribution in [0.4, 0.5) is 0 Å². The molecular formula is C11H21N3O4S. The van der Waals surface area contributed by atoms with Crippen LogP contribution in [-0.4, -0.2) is 63.3 Å². The number of carbonyl (C=O) groups is 2. The summed E-state index contributed by atoms with van der Waals surface area (Å²) in [5, 5.41) is 2.69. The number of carbonyl (C=O) groups excluding carboxylic acids is 2. The fraction of sp³-hybridized carbons (Fsp3) is 0.818. The molecule has 1 rings (SSSR count). The second-order valence-corrected chi connectivity index (χ2v) is 6.97. The molecule has 1 heterocycles. The summed E-state index contributed by atoms with van der Waals surface area (Å²) in [4.78, 5) is 25.0. The van der Waals surface area contributed by atoms with E-state index in [1.807, 2.05) is 0 Å². The first-order valence-electron chi connectivity index (χ1n) is 6.27. The Morgan fingerprint density at radius 1 is 1.42 bits per heavy atom. The molecule has 1 fully saturated rings. The molecule has 110 valence electrons.